The van der Waals surface area contributed by atoms with Crippen LogP contribution in [0.3, 0.4) is 0 Å². The molecule has 0 fully saturated rings. The number of hydrogen-bond donors (Lipinski definition) is 0. The van der Waals surface area contributed by atoms with Crippen molar-refractivity contribution in [1.82, 2.24) is 9.97 Å². The Labute approximate surface area is 254 Å². The fraction of sp³-hybridized carbons (Fsp3) is 0. The van der Waals surface area contributed by atoms with Gasteiger partial charge in [0.25, 0.3) is 0 Å². The molecule has 208 valence electrons. The van der Waals surface area contributed by atoms with Crippen LogP contribution in [0.2, 0.25) is 0 Å². The van der Waals surface area contributed by atoms with E-state index in [2.05, 4.69) is 52.3 Å². The minimum Gasteiger partial charge on any atom is -0.453 e. The molecule has 0 aliphatic carbocycles. The zero-order valence-corrected chi connectivity index (χ0v) is 23.5. The van der Waals surface area contributed by atoms with E-state index in [-0.39, 0.29) is 0 Å². The van der Waals surface area contributed by atoms with E-state index in [9.17, 15) is 0 Å². The molecule has 0 amide bonds. The molecule has 0 unspecified atom stereocenters. The second-order valence-corrected chi connectivity index (χ2v) is 10.7. The van der Waals surface area contributed by atoms with Crippen LogP contribution < -0.4 is 19.3 Å². The maximum atomic E-state index is 6.32. The lowest BCUT2D eigenvalue weighted by atomic mass is 10.1. The smallest absolute Gasteiger partial charge is 0.162 e. The molecule has 0 saturated carbocycles. The van der Waals surface area contributed by atoms with Crippen LogP contribution in [0, 0.1) is 0 Å². The van der Waals surface area contributed by atoms with Gasteiger partial charge in [0.15, 0.2) is 28.8 Å². The summed E-state index contributed by atoms with van der Waals surface area (Å²) in [6.45, 7) is 0. The van der Waals surface area contributed by atoms with Crippen LogP contribution >= 0.6 is 0 Å². The Bertz CT molecular complexity index is 2120. The van der Waals surface area contributed by atoms with Crippen molar-refractivity contribution in [2.24, 2.45) is 0 Å². The van der Waals surface area contributed by atoms with Crippen LogP contribution in [0.15, 0.2) is 146 Å². The highest BCUT2D eigenvalue weighted by atomic mass is 16.5. The normalized spacial score (nSPS) is 12.8. The summed E-state index contributed by atoms with van der Waals surface area (Å²) >= 11 is 0. The van der Waals surface area contributed by atoms with Gasteiger partial charge in [-0.15, -0.1) is 0 Å². The summed E-state index contributed by atoms with van der Waals surface area (Å²) in [7, 11) is 0. The lowest BCUT2D eigenvalue weighted by Gasteiger charge is -2.34. The molecule has 0 radical (unpaired) electrons. The van der Waals surface area contributed by atoms with E-state index < -0.39 is 0 Å². The number of ether oxygens (including phenoxy) is 2. The minimum absolute atomic E-state index is 0.648. The standard InChI is InChI=1S/C38H24N4O2/c1-2-12-25(13-3-1)37-39-28-24-26(41-29-14-4-8-18-33(29)43-34-19-9-5-15-30(34)41)22-23-27(28)38(40-37)42-31-16-6-10-20-35(31)44-36-21-11-7-17-32(36)42/h1-24H. The van der Waals surface area contributed by atoms with Crippen LogP contribution in [0.25, 0.3) is 22.3 Å². The third-order valence-corrected chi connectivity index (χ3v) is 8.03. The second kappa shape index (κ2) is 9.71. The highest BCUT2D eigenvalue weighted by Crippen LogP contribution is 2.53. The molecule has 0 atom stereocenters. The summed E-state index contributed by atoms with van der Waals surface area (Å²) in [6, 6.07) is 48.9. The molecule has 0 saturated heterocycles. The lowest BCUT2D eigenvalue weighted by molar-refractivity contribution is 0.476. The van der Waals surface area contributed by atoms with Crippen molar-refractivity contribution >= 4 is 45.2 Å². The van der Waals surface area contributed by atoms with Crippen LogP contribution in [0.5, 0.6) is 23.0 Å². The van der Waals surface area contributed by atoms with E-state index in [0.29, 0.717) is 5.82 Å². The third kappa shape index (κ3) is 3.82. The van der Waals surface area contributed by atoms with E-state index in [1.807, 2.05) is 103 Å². The molecule has 1 aromatic heterocycles. The molecule has 0 spiro atoms. The summed E-state index contributed by atoms with van der Waals surface area (Å²) in [5, 5.41) is 0.926. The molecule has 6 aromatic carbocycles. The molecule has 7 aromatic rings. The first-order valence-electron chi connectivity index (χ1n) is 14.5. The minimum atomic E-state index is 0.648. The van der Waals surface area contributed by atoms with Gasteiger partial charge < -0.3 is 14.4 Å². The summed E-state index contributed by atoms with van der Waals surface area (Å²) in [5.74, 6) is 4.60. The Kier molecular flexibility index (Phi) is 5.40. The van der Waals surface area contributed by atoms with Crippen LogP contribution in [-0.4, -0.2) is 9.97 Å². The van der Waals surface area contributed by atoms with E-state index in [1.165, 1.54) is 0 Å². The predicted molar refractivity (Wildman–Crippen MR) is 174 cm³/mol. The Morgan fingerprint density at radius 3 is 1.45 bits per heavy atom. The maximum Gasteiger partial charge on any atom is 0.162 e. The molecule has 3 heterocycles. The Hall–Kier alpha value is -6.14. The van der Waals surface area contributed by atoms with E-state index in [0.717, 1.165) is 73.7 Å². The number of para-hydroxylation sites is 8. The van der Waals surface area contributed by atoms with Gasteiger partial charge in [-0.3, -0.25) is 4.90 Å². The molecule has 2 aliphatic heterocycles. The van der Waals surface area contributed by atoms with Crippen molar-refractivity contribution in [1.29, 1.82) is 0 Å². The number of benzene rings is 6. The first-order valence-corrected chi connectivity index (χ1v) is 14.5. The van der Waals surface area contributed by atoms with Crippen LogP contribution in [-0.2, 0) is 0 Å². The van der Waals surface area contributed by atoms with Crippen molar-refractivity contribution in [2.45, 2.75) is 0 Å². The largest absolute Gasteiger partial charge is 0.453 e. The van der Waals surface area contributed by atoms with Gasteiger partial charge in [0.1, 0.15) is 5.82 Å². The third-order valence-electron chi connectivity index (χ3n) is 8.03. The van der Waals surface area contributed by atoms with Gasteiger partial charge in [0.2, 0.25) is 0 Å². The number of hydrogen-bond acceptors (Lipinski definition) is 6. The highest BCUT2D eigenvalue weighted by molar-refractivity contribution is 6.01. The van der Waals surface area contributed by atoms with Gasteiger partial charge in [-0.25, -0.2) is 9.97 Å². The molecule has 6 nitrogen and oxygen atoms in total. The van der Waals surface area contributed by atoms with Gasteiger partial charge in [-0.2, -0.15) is 0 Å². The van der Waals surface area contributed by atoms with Crippen LogP contribution in [0.1, 0.15) is 0 Å². The fourth-order valence-corrected chi connectivity index (χ4v) is 6.04. The second-order valence-electron chi connectivity index (χ2n) is 10.7. The zero-order valence-electron chi connectivity index (χ0n) is 23.5. The quantitative estimate of drug-likeness (QED) is 0.211. The number of fused-ring (bicyclic) bond motifs is 5. The van der Waals surface area contributed by atoms with Gasteiger partial charge in [0.05, 0.1) is 28.3 Å². The van der Waals surface area contributed by atoms with Crippen molar-refractivity contribution in [3.05, 3.63) is 146 Å². The van der Waals surface area contributed by atoms with Crippen molar-refractivity contribution in [3.8, 4) is 34.4 Å². The fourth-order valence-electron chi connectivity index (χ4n) is 6.04. The summed E-state index contributed by atoms with van der Waals surface area (Å²) in [4.78, 5) is 14.8. The Morgan fingerprint density at radius 2 is 0.909 bits per heavy atom. The molecule has 0 bridgehead atoms. The molecule has 44 heavy (non-hydrogen) atoms. The zero-order chi connectivity index (χ0) is 29.0. The number of anilines is 6. The van der Waals surface area contributed by atoms with Gasteiger partial charge >= 0.3 is 0 Å². The molecule has 6 heteroatoms. The summed E-state index contributed by atoms with van der Waals surface area (Å²) in [6.07, 6.45) is 0. The average molecular weight is 569 g/mol. The maximum absolute atomic E-state index is 6.32. The van der Waals surface area contributed by atoms with Gasteiger partial charge in [-0.1, -0.05) is 78.9 Å². The SMILES string of the molecule is c1ccc(-c2nc(N3c4ccccc4Oc4ccccc43)c3ccc(N4c5ccccc5Oc5ccccc54)cc3n2)cc1. The summed E-state index contributed by atoms with van der Waals surface area (Å²) < 4.78 is 12.6. The lowest BCUT2D eigenvalue weighted by Crippen LogP contribution is -2.18. The van der Waals surface area contributed by atoms with Gasteiger partial charge in [-0.05, 0) is 66.7 Å². The first kappa shape index (κ1) is 24.5. The Balaban J connectivity index is 1.31. The molecule has 2 aliphatic rings. The molecule has 0 N–H and O–H groups in total. The topological polar surface area (TPSA) is 50.7 Å². The van der Waals surface area contributed by atoms with Crippen molar-refractivity contribution < 1.29 is 9.47 Å². The summed E-state index contributed by atoms with van der Waals surface area (Å²) in [5.41, 5.74) is 6.54. The number of rotatable bonds is 3. The predicted octanol–water partition coefficient (Wildman–Crippen LogP) is 10.4. The number of nitrogens with zero attached hydrogens (tertiary/aromatic N) is 4. The van der Waals surface area contributed by atoms with Crippen LogP contribution in [0.4, 0.5) is 34.3 Å². The molecular weight excluding hydrogens is 544 g/mol. The first-order chi connectivity index (χ1) is 21.8. The molecule has 9 rings (SSSR count). The van der Waals surface area contributed by atoms with Gasteiger partial charge in [0, 0.05) is 16.6 Å². The van der Waals surface area contributed by atoms with E-state index in [1.54, 1.807) is 0 Å². The number of aromatic nitrogens is 2. The van der Waals surface area contributed by atoms with E-state index in [4.69, 9.17) is 19.4 Å². The average Bonchev–Trinajstić information content (AvgIpc) is 3.09. The molecular formula is C38H24N4O2. The van der Waals surface area contributed by atoms with Crippen molar-refractivity contribution in [3.63, 3.8) is 0 Å². The highest BCUT2D eigenvalue weighted by Gasteiger charge is 2.30. The Morgan fingerprint density at radius 1 is 0.432 bits per heavy atom. The monoisotopic (exact) mass is 568 g/mol. The van der Waals surface area contributed by atoms with E-state index >= 15 is 0 Å². The van der Waals surface area contributed by atoms with Crippen molar-refractivity contribution in [2.75, 3.05) is 9.80 Å².